The van der Waals surface area contributed by atoms with Crippen molar-refractivity contribution in [2.24, 2.45) is 0 Å². The van der Waals surface area contributed by atoms with Gasteiger partial charge in [0.2, 0.25) is 10.0 Å². The molecule has 4 rings (SSSR count). The molecule has 1 aliphatic rings. The predicted molar refractivity (Wildman–Crippen MR) is 104 cm³/mol. The fourth-order valence-corrected chi connectivity index (χ4v) is 4.74. The number of fused-ring (bicyclic) bond motifs is 1. The van der Waals surface area contributed by atoms with Gasteiger partial charge in [-0.2, -0.15) is 23.0 Å². The van der Waals surface area contributed by atoms with Crippen molar-refractivity contribution in [2.75, 3.05) is 0 Å². The van der Waals surface area contributed by atoms with Crippen LogP contribution in [0.4, 0.5) is 13.2 Å². The first-order valence-corrected chi connectivity index (χ1v) is 10.6. The predicted octanol–water partition coefficient (Wildman–Crippen LogP) is 3.82. The molecule has 0 fully saturated rings. The van der Waals surface area contributed by atoms with Crippen LogP contribution in [0.2, 0.25) is 0 Å². The number of alkyl halides is 3. The highest BCUT2D eigenvalue weighted by molar-refractivity contribution is 7.93. The van der Waals surface area contributed by atoms with Crippen molar-refractivity contribution in [3.8, 4) is 0 Å². The molecule has 1 heterocycles. The number of sulfonamides is 1. The van der Waals surface area contributed by atoms with E-state index in [0.717, 1.165) is 23.3 Å². The first-order chi connectivity index (χ1) is 14.2. The molecule has 3 aromatic rings. The highest BCUT2D eigenvalue weighted by Gasteiger charge is 2.33. The third-order valence-corrected chi connectivity index (χ3v) is 6.44. The van der Waals surface area contributed by atoms with Crippen LogP contribution < -0.4 is 4.72 Å². The van der Waals surface area contributed by atoms with Gasteiger partial charge in [0.05, 0.1) is 10.5 Å². The zero-order valence-corrected chi connectivity index (χ0v) is 16.3. The minimum Gasteiger partial charge on any atom is -0.262 e. The quantitative estimate of drug-likeness (QED) is 0.639. The molecule has 30 heavy (non-hydrogen) atoms. The molecule has 156 valence electrons. The molecule has 10 heteroatoms. The van der Waals surface area contributed by atoms with E-state index in [4.69, 9.17) is 0 Å². The van der Waals surface area contributed by atoms with Gasteiger partial charge in [0.25, 0.3) is 0 Å². The van der Waals surface area contributed by atoms with Crippen LogP contribution in [0.3, 0.4) is 0 Å². The van der Waals surface area contributed by atoms with Gasteiger partial charge >= 0.3 is 6.18 Å². The number of benzene rings is 2. The first kappa shape index (κ1) is 20.3. The summed E-state index contributed by atoms with van der Waals surface area (Å²) < 4.78 is 68.2. The number of nitrogens with zero attached hydrogens (tertiary/aromatic N) is 2. The van der Waals surface area contributed by atoms with Crippen LogP contribution in [0, 0.1) is 0 Å². The van der Waals surface area contributed by atoms with Crippen molar-refractivity contribution in [1.29, 1.82) is 0 Å². The molecule has 0 saturated heterocycles. The molecular formula is C20H17F3N4O2S. The average Bonchev–Trinajstić information content (AvgIpc) is 3.26. The summed E-state index contributed by atoms with van der Waals surface area (Å²) in [5, 5.41) is 6.25. The highest BCUT2D eigenvalue weighted by Crippen LogP contribution is 2.33. The second kappa shape index (κ2) is 7.69. The number of rotatable bonds is 5. The number of halogens is 3. The molecule has 1 unspecified atom stereocenters. The lowest BCUT2D eigenvalue weighted by molar-refractivity contribution is -0.137. The molecule has 0 spiro atoms. The summed E-state index contributed by atoms with van der Waals surface area (Å²) in [4.78, 5) is 4.12. The van der Waals surface area contributed by atoms with Crippen molar-refractivity contribution in [2.45, 2.75) is 25.1 Å². The molecule has 1 aliphatic carbocycles. The first-order valence-electron chi connectivity index (χ1n) is 9.07. The Morgan fingerprint density at radius 3 is 2.60 bits per heavy atom. The minimum atomic E-state index is -4.56. The Hall–Kier alpha value is -2.98. The van der Waals surface area contributed by atoms with E-state index in [2.05, 4.69) is 19.9 Å². The second-order valence-electron chi connectivity index (χ2n) is 6.86. The van der Waals surface area contributed by atoms with Gasteiger partial charge in [-0.05, 0) is 47.7 Å². The van der Waals surface area contributed by atoms with E-state index in [-0.39, 0.29) is 22.7 Å². The van der Waals surface area contributed by atoms with Gasteiger partial charge in [-0.3, -0.25) is 5.10 Å². The molecule has 1 aromatic heterocycles. The van der Waals surface area contributed by atoms with Crippen LogP contribution in [-0.4, -0.2) is 23.6 Å². The Kier molecular flexibility index (Phi) is 5.20. The molecule has 1 atom stereocenters. The zero-order valence-electron chi connectivity index (χ0n) is 15.5. The SMILES string of the molecule is O=S(=O)(NC(c1cccc(C(F)(F)F)c1)c1ncn[nH]1)C1=Cc2ccccc2CC1. The number of allylic oxidation sites excluding steroid dienone is 1. The van der Waals surface area contributed by atoms with E-state index in [1.807, 2.05) is 24.3 Å². The molecule has 2 N–H and O–H groups in total. The number of aromatic amines is 1. The van der Waals surface area contributed by atoms with E-state index in [0.29, 0.717) is 6.42 Å². The Labute approximate surface area is 170 Å². The molecule has 0 saturated carbocycles. The summed E-state index contributed by atoms with van der Waals surface area (Å²) in [6.45, 7) is 0. The standard InChI is InChI=1S/C20H17F3N4O2S/c21-20(22,23)16-7-3-6-15(10-16)18(19-24-12-25-26-19)27-30(28,29)17-9-8-13-4-1-2-5-14(13)11-17/h1-7,10-12,18,27H,8-9H2,(H,24,25,26). The molecule has 0 amide bonds. The lowest BCUT2D eigenvalue weighted by Crippen LogP contribution is -2.32. The number of aromatic nitrogens is 3. The van der Waals surface area contributed by atoms with Crippen molar-refractivity contribution in [3.05, 3.63) is 87.8 Å². The average molecular weight is 434 g/mol. The number of nitrogens with one attached hydrogen (secondary N) is 2. The number of aryl methyl sites for hydroxylation is 1. The summed E-state index contributed by atoms with van der Waals surface area (Å²) in [6, 6.07) is 10.8. The maximum Gasteiger partial charge on any atom is 0.416 e. The van der Waals surface area contributed by atoms with Gasteiger partial charge in [0.15, 0.2) is 0 Å². The summed E-state index contributed by atoms with van der Waals surface area (Å²) in [5.74, 6) is 0.0923. The molecule has 0 radical (unpaired) electrons. The van der Waals surface area contributed by atoms with Crippen LogP contribution in [0.15, 0.2) is 59.8 Å². The maximum atomic E-state index is 13.2. The Bertz CT molecular complexity index is 1190. The van der Waals surface area contributed by atoms with E-state index in [1.54, 1.807) is 6.08 Å². The Morgan fingerprint density at radius 1 is 1.07 bits per heavy atom. The summed E-state index contributed by atoms with van der Waals surface area (Å²) in [7, 11) is -4.01. The van der Waals surface area contributed by atoms with Gasteiger partial charge in [0.1, 0.15) is 18.2 Å². The summed E-state index contributed by atoms with van der Waals surface area (Å²) in [6.07, 6.45) is -0.959. The lowest BCUT2D eigenvalue weighted by Gasteiger charge is -2.21. The zero-order chi connectivity index (χ0) is 21.4. The van der Waals surface area contributed by atoms with Gasteiger partial charge < -0.3 is 0 Å². The third kappa shape index (κ3) is 4.14. The number of H-pyrrole nitrogens is 1. The lowest BCUT2D eigenvalue weighted by atomic mass is 9.98. The van der Waals surface area contributed by atoms with Crippen LogP contribution in [0.5, 0.6) is 0 Å². The van der Waals surface area contributed by atoms with Gasteiger partial charge in [-0.1, -0.05) is 36.4 Å². The molecule has 6 nitrogen and oxygen atoms in total. The van der Waals surface area contributed by atoms with Gasteiger partial charge in [0, 0.05) is 0 Å². The van der Waals surface area contributed by atoms with Crippen molar-refractivity contribution >= 4 is 16.1 Å². The van der Waals surface area contributed by atoms with Crippen LogP contribution >= 0.6 is 0 Å². The Balaban J connectivity index is 1.71. The minimum absolute atomic E-state index is 0.0923. The molecule has 0 bridgehead atoms. The highest BCUT2D eigenvalue weighted by atomic mass is 32.2. The van der Waals surface area contributed by atoms with Crippen LogP contribution in [0.25, 0.3) is 6.08 Å². The number of hydrogen-bond donors (Lipinski definition) is 2. The van der Waals surface area contributed by atoms with Gasteiger partial charge in [-0.25, -0.2) is 13.4 Å². The van der Waals surface area contributed by atoms with Crippen LogP contribution in [0.1, 0.15) is 40.5 Å². The Morgan fingerprint density at radius 2 is 1.87 bits per heavy atom. The topological polar surface area (TPSA) is 87.7 Å². The van der Waals surface area contributed by atoms with Crippen LogP contribution in [-0.2, 0) is 22.6 Å². The molecule has 0 aliphatic heterocycles. The number of hydrogen-bond acceptors (Lipinski definition) is 4. The second-order valence-corrected chi connectivity index (χ2v) is 8.62. The van der Waals surface area contributed by atoms with E-state index in [1.165, 1.54) is 18.5 Å². The van der Waals surface area contributed by atoms with Crippen molar-refractivity contribution in [3.63, 3.8) is 0 Å². The van der Waals surface area contributed by atoms with E-state index >= 15 is 0 Å². The van der Waals surface area contributed by atoms with Crippen molar-refractivity contribution in [1.82, 2.24) is 19.9 Å². The largest absolute Gasteiger partial charge is 0.416 e. The monoisotopic (exact) mass is 434 g/mol. The summed E-state index contributed by atoms with van der Waals surface area (Å²) >= 11 is 0. The fourth-order valence-electron chi connectivity index (χ4n) is 3.38. The third-order valence-electron chi connectivity index (χ3n) is 4.88. The van der Waals surface area contributed by atoms with Crippen molar-refractivity contribution < 1.29 is 21.6 Å². The fraction of sp³-hybridized carbons (Fsp3) is 0.200. The smallest absolute Gasteiger partial charge is 0.262 e. The normalized spacial score (nSPS) is 15.4. The molecule has 2 aromatic carbocycles. The maximum absolute atomic E-state index is 13.2. The van der Waals surface area contributed by atoms with Gasteiger partial charge in [-0.15, -0.1) is 0 Å². The summed E-state index contributed by atoms with van der Waals surface area (Å²) in [5.41, 5.74) is 1.07. The van der Waals surface area contributed by atoms with E-state index in [9.17, 15) is 21.6 Å². The molecular weight excluding hydrogens is 417 g/mol. The van der Waals surface area contributed by atoms with E-state index < -0.39 is 27.8 Å².